The molecule has 0 bridgehead atoms. The molecule has 90 valence electrons. The summed E-state index contributed by atoms with van der Waals surface area (Å²) in [6, 6.07) is 0. The first-order chi connectivity index (χ1) is 7.54. The van der Waals surface area contributed by atoms with Gasteiger partial charge in [0, 0.05) is 18.7 Å². The summed E-state index contributed by atoms with van der Waals surface area (Å²) >= 11 is 0. The molecular formula is C11H17NO4. The molecule has 0 saturated carbocycles. The maximum Gasteiger partial charge on any atom is 0.407 e. The van der Waals surface area contributed by atoms with Crippen molar-refractivity contribution in [3.63, 3.8) is 0 Å². The van der Waals surface area contributed by atoms with Gasteiger partial charge in [-0.15, -0.1) is 0 Å². The molecule has 1 amide bonds. The zero-order valence-electron chi connectivity index (χ0n) is 9.44. The molecule has 1 atom stereocenters. The van der Waals surface area contributed by atoms with E-state index in [0.29, 0.717) is 31.7 Å². The number of hydrogen-bond donors (Lipinski definition) is 1. The molecule has 1 unspecified atom stereocenters. The molecule has 5 nitrogen and oxygen atoms in total. The van der Waals surface area contributed by atoms with Crippen LogP contribution in [0.5, 0.6) is 0 Å². The Kier molecular flexibility index (Phi) is 4.34. The zero-order chi connectivity index (χ0) is 12.1. The van der Waals surface area contributed by atoms with Crippen molar-refractivity contribution >= 4 is 12.1 Å². The average molecular weight is 227 g/mol. The van der Waals surface area contributed by atoms with Gasteiger partial charge in [0.1, 0.15) is 0 Å². The molecule has 1 heterocycles. The fourth-order valence-electron chi connectivity index (χ4n) is 1.84. The van der Waals surface area contributed by atoms with E-state index in [1.54, 1.807) is 6.92 Å². The smallest absolute Gasteiger partial charge is 0.407 e. The Labute approximate surface area is 94.7 Å². The second-order valence-corrected chi connectivity index (χ2v) is 3.91. The Balaban J connectivity index is 2.36. The van der Waals surface area contributed by atoms with E-state index in [-0.39, 0.29) is 11.9 Å². The summed E-state index contributed by atoms with van der Waals surface area (Å²) in [7, 11) is 0. The van der Waals surface area contributed by atoms with Crippen molar-refractivity contribution < 1.29 is 19.4 Å². The lowest BCUT2D eigenvalue weighted by molar-refractivity contribution is -0.138. The van der Waals surface area contributed by atoms with Crippen molar-refractivity contribution in [2.75, 3.05) is 19.7 Å². The first kappa shape index (κ1) is 12.5. The van der Waals surface area contributed by atoms with Crippen LogP contribution in [-0.2, 0) is 9.53 Å². The van der Waals surface area contributed by atoms with E-state index in [1.807, 2.05) is 0 Å². The number of esters is 1. The number of carboxylic acid groups (broad SMARTS) is 1. The standard InChI is InChI=1S/C11H17NO4/c1-3-16-10(13)8(2)6-9-4-5-12(7-9)11(14)15/h9H,2-7H2,1H3,(H,14,15). The fraction of sp³-hybridized carbons (Fsp3) is 0.636. The second-order valence-electron chi connectivity index (χ2n) is 3.91. The minimum atomic E-state index is -0.899. The predicted molar refractivity (Wildman–Crippen MR) is 58.1 cm³/mol. The predicted octanol–water partition coefficient (Wildman–Crippen LogP) is 1.50. The number of likely N-dealkylation sites (tertiary alicyclic amines) is 1. The highest BCUT2D eigenvalue weighted by atomic mass is 16.5. The van der Waals surface area contributed by atoms with Gasteiger partial charge in [-0.1, -0.05) is 6.58 Å². The molecule has 1 fully saturated rings. The topological polar surface area (TPSA) is 66.8 Å². The first-order valence-electron chi connectivity index (χ1n) is 5.37. The number of hydrogen-bond acceptors (Lipinski definition) is 3. The normalized spacial score (nSPS) is 19.6. The molecule has 0 aromatic carbocycles. The third kappa shape index (κ3) is 3.25. The maximum atomic E-state index is 11.3. The van der Waals surface area contributed by atoms with E-state index >= 15 is 0 Å². The lowest BCUT2D eigenvalue weighted by Crippen LogP contribution is -2.26. The molecule has 0 aromatic rings. The van der Waals surface area contributed by atoms with Crippen LogP contribution in [0.25, 0.3) is 0 Å². The summed E-state index contributed by atoms with van der Waals surface area (Å²) in [5.41, 5.74) is 0.430. The minimum absolute atomic E-state index is 0.188. The number of ether oxygens (including phenoxy) is 1. The van der Waals surface area contributed by atoms with Gasteiger partial charge in [-0.2, -0.15) is 0 Å². The average Bonchev–Trinajstić information content (AvgIpc) is 2.66. The Morgan fingerprint density at radius 2 is 2.25 bits per heavy atom. The molecule has 1 rings (SSSR count). The molecule has 0 spiro atoms. The van der Waals surface area contributed by atoms with Crippen molar-refractivity contribution in [1.29, 1.82) is 0 Å². The van der Waals surface area contributed by atoms with E-state index < -0.39 is 6.09 Å². The molecule has 5 heteroatoms. The number of carbonyl (C=O) groups excluding carboxylic acids is 1. The summed E-state index contributed by atoms with van der Waals surface area (Å²) in [5.74, 6) is -0.190. The highest BCUT2D eigenvalue weighted by Crippen LogP contribution is 2.23. The monoisotopic (exact) mass is 227 g/mol. The summed E-state index contributed by atoms with van der Waals surface area (Å²) in [5, 5.41) is 8.77. The third-order valence-electron chi connectivity index (χ3n) is 2.66. The zero-order valence-corrected chi connectivity index (χ0v) is 9.44. The Hall–Kier alpha value is -1.52. The minimum Gasteiger partial charge on any atom is -0.465 e. The lowest BCUT2D eigenvalue weighted by Gasteiger charge is -2.12. The molecule has 1 saturated heterocycles. The van der Waals surface area contributed by atoms with Crippen LogP contribution in [0.4, 0.5) is 4.79 Å². The van der Waals surface area contributed by atoms with Crippen molar-refractivity contribution in [2.24, 2.45) is 5.92 Å². The number of rotatable bonds is 4. The van der Waals surface area contributed by atoms with Crippen LogP contribution < -0.4 is 0 Å². The van der Waals surface area contributed by atoms with Gasteiger partial charge in [-0.05, 0) is 25.7 Å². The molecule has 16 heavy (non-hydrogen) atoms. The molecule has 1 N–H and O–H groups in total. The summed E-state index contributed by atoms with van der Waals surface area (Å²) in [6.07, 6.45) is 0.400. The van der Waals surface area contributed by atoms with Gasteiger partial charge in [0.05, 0.1) is 6.61 Å². The summed E-state index contributed by atoms with van der Waals surface area (Å²) < 4.78 is 4.82. The largest absolute Gasteiger partial charge is 0.465 e. The number of amides is 1. The van der Waals surface area contributed by atoms with Crippen molar-refractivity contribution in [3.8, 4) is 0 Å². The molecule has 0 radical (unpaired) electrons. The quantitative estimate of drug-likeness (QED) is 0.583. The van der Waals surface area contributed by atoms with E-state index in [2.05, 4.69) is 6.58 Å². The summed E-state index contributed by atoms with van der Waals surface area (Å²) in [4.78, 5) is 23.3. The van der Waals surface area contributed by atoms with Gasteiger partial charge in [0.25, 0.3) is 0 Å². The van der Waals surface area contributed by atoms with Gasteiger partial charge in [0.2, 0.25) is 0 Å². The molecule has 0 aliphatic carbocycles. The van der Waals surface area contributed by atoms with Crippen LogP contribution >= 0.6 is 0 Å². The van der Waals surface area contributed by atoms with Gasteiger partial charge >= 0.3 is 12.1 Å². The van der Waals surface area contributed by atoms with E-state index in [9.17, 15) is 9.59 Å². The van der Waals surface area contributed by atoms with Crippen molar-refractivity contribution in [2.45, 2.75) is 19.8 Å². The molecule has 1 aliphatic rings. The Bertz CT molecular complexity index is 300. The van der Waals surface area contributed by atoms with Crippen LogP contribution in [0.2, 0.25) is 0 Å². The summed E-state index contributed by atoms with van der Waals surface area (Å²) in [6.45, 7) is 6.76. The van der Waals surface area contributed by atoms with Gasteiger partial charge in [-0.25, -0.2) is 9.59 Å². The maximum absolute atomic E-state index is 11.3. The van der Waals surface area contributed by atoms with E-state index in [4.69, 9.17) is 9.84 Å². The van der Waals surface area contributed by atoms with Gasteiger partial charge in [-0.3, -0.25) is 0 Å². The molecule has 0 aromatic heterocycles. The SMILES string of the molecule is C=C(CC1CCN(C(=O)O)C1)C(=O)OCC. The van der Waals surface area contributed by atoms with Crippen LogP contribution in [0.1, 0.15) is 19.8 Å². The number of carbonyl (C=O) groups is 2. The van der Waals surface area contributed by atoms with Crippen molar-refractivity contribution in [1.82, 2.24) is 4.90 Å². The van der Waals surface area contributed by atoms with Gasteiger partial charge in [0.15, 0.2) is 0 Å². The Morgan fingerprint density at radius 1 is 1.56 bits per heavy atom. The van der Waals surface area contributed by atoms with Crippen LogP contribution in [0.3, 0.4) is 0 Å². The third-order valence-corrected chi connectivity index (χ3v) is 2.66. The lowest BCUT2D eigenvalue weighted by atomic mass is 10.00. The van der Waals surface area contributed by atoms with Crippen LogP contribution in [0, 0.1) is 5.92 Å². The van der Waals surface area contributed by atoms with Crippen LogP contribution in [0.15, 0.2) is 12.2 Å². The van der Waals surface area contributed by atoms with E-state index in [0.717, 1.165) is 6.42 Å². The highest BCUT2D eigenvalue weighted by Gasteiger charge is 2.27. The Morgan fingerprint density at radius 3 is 2.75 bits per heavy atom. The fourth-order valence-corrected chi connectivity index (χ4v) is 1.84. The second kappa shape index (κ2) is 5.53. The molecule has 1 aliphatic heterocycles. The highest BCUT2D eigenvalue weighted by molar-refractivity contribution is 5.87. The van der Waals surface area contributed by atoms with Crippen molar-refractivity contribution in [3.05, 3.63) is 12.2 Å². The number of nitrogens with zero attached hydrogens (tertiary/aromatic N) is 1. The van der Waals surface area contributed by atoms with Crippen LogP contribution in [-0.4, -0.2) is 41.8 Å². The first-order valence-corrected chi connectivity index (χ1v) is 5.37. The van der Waals surface area contributed by atoms with E-state index in [1.165, 1.54) is 4.90 Å². The van der Waals surface area contributed by atoms with Gasteiger partial charge < -0.3 is 14.7 Å². The molecular weight excluding hydrogens is 210 g/mol.